The number of halogens is 1. The van der Waals surface area contributed by atoms with Gasteiger partial charge in [0.2, 0.25) is 0 Å². The quantitative estimate of drug-likeness (QED) is 0.222. The Morgan fingerprint density at radius 2 is 1.71 bits per heavy atom. The van der Waals surface area contributed by atoms with Gasteiger partial charge in [0.15, 0.2) is 5.56 Å². The Hall–Kier alpha value is 1.85. The van der Waals surface area contributed by atoms with E-state index in [4.69, 9.17) is 11.6 Å². The van der Waals surface area contributed by atoms with Crippen molar-refractivity contribution in [2.75, 3.05) is 0 Å². The van der Waals surface area contributed by atoms with Crippen molar-refractivity contribution in [3.63, 3.8) is 0 Å². The first-order chi connectivity index (χ1) is 2.30. The zero-order valence-corrected chi connectivity index (χ0v) is 8.27. The molecule has 0 aromatic rings. The van der Waals surface area contributed by atoms with E-state index in [2.05, 4.69) is 4.74 Å². The summed E-state index contributed by atoms with van der Waals surface area (Å²) in [7, 11) is 0. The SMILES string of the molecule is CC1OC1Cl.[K+].[OH-]. The molecular formula is C3H6ClKO2. The monoisotopic (exact) mass is 148 g/mol. The van der Waals surface area contributed by atoms with Crippen LogP contribution in [0.25, 0.3) is 0 Å². The fourth-order valence-corrected chi connectivity index (χ4v) is 0.322. The predicted molar refractivity (Wildman–Crippen MR) is 22.1 cm³/mol. The Kier molecular flexibility index (Phi) is 7.80. The number of rotatable bonds is 0. The van der Waals surface area contributed by atoms with Crippen LogP contribution in [-0.2, 0) is 4.74 Å². The molecule has 1 saturated heterocycles. The van der Waals surface area contributed by atoms with Gasteiger partial charge in [-0.15, -0.1) is 0 Å². The van der Waals surface area contributed by atoms with Gasteiger partial charge >= 0.3 is 51.4 Å². The largest absolute Gasteiger partial charge is 1.00 e. The first kappa shape index (κ1) is 11.6. The second-order valence-electron chi connectivity index (χ2n) is 1.19. The zero-order chi connectivity index (χ0) is 3.86. The van der Waals surface area contributed by atoms with Gasteiger partial charge in [0.1, 0.15) is 0 Å². The van der Waals surface area contributed by atoms with E-state index >= 15 is 0 Å². The molecule has 0 bridgehead atoms. The fourth-order valence-electron chi connectivity index (χ4n) is 0.160. The Balaban J connectivity index is 0. The molecule has 1 aliphatic heterocycles. The zero-order valence-electron chi connectivity index (χ0n) is 4.39. The van der Waals surface area contributed by atoms with Crippen LogP contribution in [0, 0.1) is 0 Å². The van der Waals surface area contributed by atoms with Crippen molar-refractivity contribution in [3.05, 3.63) is 0 Å². The normalized spacial score (nSPS) is 35.1. The summed E-state index contributed by atoms with van der Waals surface area (Å²) in [6.07, 6.45) is 0.316. The Bertz CT molecular complexity index is 46.2. The van der Waals surface area contributed by atoms with Crippen molar-refractivity contribution < 1.29 is 61.6 Å². The van der Waals surface area contributed by atoms with Crippen LogP contribution in [0.15, 0.2) is 0 Å². The minimum atomic E-state index is 0. The summed E-state index contributed by atoms with van der Waals surface area (Å²) >= 11 is 5.31. The first-order valence-corrected chi connectivity index (χ1v) is 2.04. The number of ether oxygens (including phenoxy) is 1. The van der Waals surface area contributed by atoms with E-state index in [0.717, 1.165) is 0 Å². The Labute approximate surface area is 90.3 Å². The molecule has 0 spiro atoms. The van der Waals surface area contributed by atoms with Crippen LogP contribution >= 0.6 is 11.6 Å². The van der Waals surface area contributed by atoms with E-state index in [9.17, 15) is 0 Å². The first-order valence-electron chi connectivity index (χ1n) is 1.60. The molecule has 1 aliphatic rings. The van der Waals surface area contributed by atoms with Gasteiger partial charge in [-0.1, -0.05) is 11.6 Å². The van der Waals surface area contributed by atoms with Gasteiger partial charge in [-0.2, -0.15) is 0 Å². The van der Waals surface area contributed by atoms with Crippen LogP contribution in [-0.4, -0.2) is 17.1 Å². The summed E-state index contributed by atoms with van der Waals surface area (Å²) < 4.78 is 4.68. The standard InChI is InChI=1S/C3H5ClO.K.H2O/c1-2-3(4)5-2;;/h2-3H,1H3;;1H2/q;+1;/p-1. The van der Waals surface area contributed by atoms with Gasteiger partial charge < -0.3 is 10.2 Å². The summed E-state index contributed by atoms with van der Waals surface area (Å²) in [6, 6.07) is 0. The van der Waals surface area contributed by atoms with E-state index in [0.29, 0.717) is 6.10 Å². The number of hydrogen-bond donors (Lipinski definition) is 0. The van der Waals surface area contributed by atoms with E-state index < -0.39 is 0 Å². The maximum atomic E-state index is 5.31. The maximum Gasteiger partial charge on any atom is 1.00 e. The number of hydrogen-bond acceptors (Lipinski definition) is 2. The van der Waals surface area contributed by atoms with E-state index in [1.165, 1.54) is 0 Å². The van der Waals surface area contributed by atoms with E-state index in [-0.39, 0.29) is 62.4 Å². The third-order valence-electron chi connectivity index (χ3n) is 0.637. The molecule has 0 radical (unpaired) electrons. The maximum absolute atomic E-state index is 5.31. The molecule has 2 atom stereocenters. The summed E-state index contributed by atoms with van der Waals surface area (Å²) in [5.74, 6) is 0. The Morgan fingerprint density at radius 1 is 1.57 bits per heavy atom. The van der Waals surface area contributed by atoms with Crippen LogP contribution < -0.4 is 51.4 Å². The molecule has 4 heteroatoms. The van der Waals surface area contributed by atoms with Crippen molar-refractivity contribution in [3.8, 4) is 0 Å². The Morgan fingerprint density at radius 3 is 1.71 bits per heavy atom. The molecule has 0 saturated carbocycles. The summed E-state index contributed by atoms with van der Waals surface area (Å²) in [5.41, 5.74) is 0.0231. The average molecular weight is 149 g/mol. The second-order valence-corrected chi connectivity index (χ2v) is 1.62. The number of alkyl halides is 1. The molecule has 7 heavy (non-hydrogen) atoms. The molecule has 2 nitrogen and oxygen atoms in total. The van der Waals surface area contributed by atoms with Crippen LogP contribution in [0.3, 0.4) is 0 Å². The van der Waals surface area contributed by atoms with Gasteiger partial charge in [0.25, 0.3) is 0 Å². The van der Waals surface area contributed by atoms with Gasteiger partial charge in [0, 0.05) is 0 Å². The summed E-state index contributed by atoms with van der Waals surface area (Å²) in [6.45, 7) is 1.94. The molecule has 38 valence electrons. The fraction of sp³-hybridized carbons (Fsp3) is 1.00. The second kappa shape index (κ2) is 4.70. The van der Waals surface area contributed by atoms with Gasteiger partial charge in [-0.05, 0) is 6.92 Å². The van der Waals surface area contributed by atoms with Gasteiger partial charge in [-0.25, -0.2) is 0 Å². The summed E-state index contributed by atoms with van der Waals surface area (Å²) in [4.78, 5) is 0. The van der Waals surface area contributed by atoms with Crippen LogP contribution in [0.5, 0.6) is 0 Å². The molecule has 1 N–H and O–H groups in total. The van der Waals surface area contributed by atoms with E-state index in [1.807, 2.05) is 6.92 Å². The molecule has 0 amide bonds. The van der Waals surface area contributed by atoms with Crippen molar-refractivity contribution >= 4 is 11.6 Å². The molecule has 1 rings (SSSR count). The minimum absolute atomic E-state index is 0. The topological polar surface area (TPSA) is 42.5 Å². The van der Waals surface area contributed by atoms with Crippen molar-refractivity contribution in [2.24, 2.45) is 0 Å². The van der Waals surface area contributed by atoms with Crippen molar-refractivity contribution in [1.82, 2.24) is 0 Å². The molecule has 0 aliphatic carbocycles. The molecule has 2 unspecified atom stereocenters. The third-order valence-corrected chi connectivity index (χ3v) is 1.09. The molecular weight excluding hydrogens is 143 g/mol. The van der Waals surface area contributed by atoms with E-state index in [1.54, 1.807) is 0 Å². The smallest absolute Gasteiger partial charge is 0.870 e. The third kappa shape index (κ3) is 4.36. The summed E-state index contributed by atoms with van der Waals surface area (Å²) in [5, 5.41) is 0. The van der Waals surface area contributed by atoms with Crippen LogP contribution in [0.1, 0.15) is 6.92 Å². The molecule has 0 aromatic carbocycles. The molecule has 0 aromatic heterocycles. The van der Waals surface area contributed by atoms with Crippen LogP contribution in [0.2, 0.25) is 0 Å². The number of epoxide rings is 1. The average Bonchev–Trinajstić information content (AvgIpc) is 1.79. The molecule has 1 fully saturated rings. The minimum Gasteiger partial charge on any atom is -0.870 e. The van der Waals surface area contributed by atoms with Gasteiger partial charge in [0.05, 0.1) is 6.10 Å². The van der Waals surface area contributed by atoms with Gasteiger partial charge in [-0.3, -0.25) is 0 Å². The predicted octanol–water partition coefficient (Wildman–Crippen LogP) is -2.20. The van der Waals surface area contributed by atoms with Crippen molar-refractivity contribution in [1.29, 1.82) is 0 Å². The van der Waals surface area contributed by atoms with Crippen molar-refractivity contribution in [2.45, 2.75) is 18.6 Å². The molecule has 1 heterocycles. The van der Waals surface area contributed by atoms with Crippen LogP contribution in [0.4, 0.5) is 0 Å².